The second kappa shape index (κ2) is 6.81. The van der Waals surface area contributed by atoms with Crippen molar-refractivity contribution in [3.63, 3.8) is 0 Å². The predicted octanol–water partition coefficient (Wildman–Crippen LogP) is 1.16. The van der Waals surface area contributed by atoms with E-state index in [1.54, 1.807) is 29.2 Å². The van der Waals surface area contributed by atoms with E-state index in [2.05, 4.69) is 15.6 Å². The lowest BCUT2D eigenvalue weighted by molar-refractivity contribution is 0.0936. The first-order valence-electron chi connectivity index (χ1n) is 6.59. The molecule has 106 valence electrons. The maximum absolute atomic E-state index is 12.0. The van der Waals surface area contributed by atoms with E-state index in [1.807, 2.05) is 19.1 Å². The van der Waals surface area contributed by atoms with Crippen LogP contribution in [0.15, 0.2) is 36.7 Å². The molecule has 6 nitrogen and oxygen atoms in total. The highest BCUT2D eigenvalue weighted by molar-refractivity contribution is 5.94. The number of aliphatic hydroxyl groups excluding tert-OH is 1. The van der Waals surface area contributed by atoms with Gasteiger partial charge in [0, 0.05) is 18.2 Å². The molecular weight excluding hydrogens is 256 g/mol. The van der Waals surface area contributed by atoms with Crippen LogP contribution in [0.1, 0.15) is 30.1 Å². The molecule has 2 rings (SSSR count). The van der Waals surface area contributed by atoms with Crippen LogP contribution in [0.25, 0.3) is 5.69 Å². The fourth-order valence-electron chi connectivity index (χ4n) is 1.89. The Morgan fingerprint density at radius 1 is 1.40 bits per heavy atom. The molecule has 0 saturated heterocycles. The Hall–Kier alpha value is -2.21. The van der Waals surface area contributed by atoms with Gasteiger partial charge in [0.25, 0.3) is 5.91 Å². The van der Waals surface area contributed by atoms with Crippen molar-refractivity contribution in [2.75, 3.05) is 6.61 Å². The van der Waals surface area contributed by atoms with E-state index in [0.717, 1.165) is 12.1 Å². The lowest BCUT2D eigenvalue weighted by Crippen LogP contribution is -2.32. The molecule has 1 amide bonds. The number of benzene rings is 1. The third kappa shape index (κ3) is 3.64. The summed E-state index contributed by atoms with van der Waals surface area (Å²) in [5, 5.41) is 19.3. The second-order valence-corrected chi connectivity index (χ2v) is 4.63. The molecule has 0 aliphatic heterocycles. The maximum atomic E-state index is 12.0. The van der Waals surface area contributed by atoms with Crippen LogP contribution >= 0.6 is 0 Å². The Morgan fingerprint density at radius 3 is 2.75 bits per heavy atom. The summed E-state index contributed by atoms with van der Waals surface area (Å²) in [5.41, 5.74) is 1.46. The minimum atomic E-state index is -0.111. The van der Waals surface area contributed by atoms with E-state index in [4.69, 9.17) is 5.11 Å². The highest BCUT2D eigenvalue weighted by atomic mass is 16.3. The average molecular weight is 274 g/mol. The zero-order chi connectivity index (χ0) is 14.4. The van der Waals surface area contributed by atoms with Gasteiger partial charge in [-0.15, -0.1) is 5.10 Å². The van der Waals surface area contributed by atoms with Crippen LogP contribution in [0.4, 0.5) is 0 Å². The quantitative estimate of drug-likeness (QED) is 0.828. The van der Waals surface area contributed by atoms with Crippen molar-refractivity contribution in [3.8, 4) is 5.69 Å². The Bertz CT molecular complexity index is 537. The second-order valence-electron chi connectivity index (χ2n) is 4.63. The van der Waals surface area contributed by atoms with Crippen LogP contribution in [-0.4, -0.2) is 38.7 Å². The van der Waals surface area contributed by atoms with Crippen molar-refractivity contribution < 1.29 is 9.90 Å². The Balaban J connectivity index is 1.97. The van der Waals surface area contributed by atoms with Gasteiger partial charge < -0.3 is 10.4 Å². The fourth-order valence-corrected chi connectivity index (χ4v) is 1.89. The molecule has 0 fully saturated rings. The molecule has 6 heteroatoms. The monoisotopic (exact) mass is 274 g/mol. The van der Waals surface area contributed by atoms with E-state index >= 15 is 0 Å². The maximum Gasteiger partial charge on any atom is 0.251 e. The summed E-state index contributed by atoms with van der Waals surface area (Å²) >= 11 is 0. The van der Waals surface area contributed by atoms with Crippen LogP contribution in [0, 0.1) is 0 Å². The summed E-state index contributed by atoms with van der Waals surface area (Å²) in [4.78, 5) is 12.0. The number of nitrogens with zero attached hydrogens (tertiary/aromatic N) is 3. The largest absolute Gasteiger partial charge is 0.396 e. The standard InChI is InChI=1S/C14H18N4O2/c1-11(3-2-10-19)16-14(20)12-4-6-13(7-5-12)18-9-8-15-17-18/h4-9,11,19H,2-3,10H2,1H3,(H,16,20). The lowest BCUT2D eigenvalue weighted by Gasteiger charge is -2.13. The Morgan fingerprint density at radius 2 is 2.15 bits per heavy atom. The Kier molecular flexibility index (Phi) is 4.84. The zero-order valence-electron chi connectivity index (χ0n) is 11.4. The van der Waals surface area contributed by atoms with Crippen LogP contribution in [-0.2, 0) is 0 Å². The molecule has 0 saturated carbocycles. The molecule has 1 aromatic heterocycles. The SMILES string of the molecule is CC(CCCO)NC(=O)c1ccc(-n2ccnn2)cc1. The van der Waals surface area contributed by atoms with Gasteiger partial charge in [0.1, 0.15) is 0 Å². The molecule has 1 unspecified atom stereocenters. The van der Waals surface area contributed by atoms with Crippen molar-refractivity contribution in [2.45, 2.75) is 25.8 Å². The summed E-state index contributed by atoms with van der Waals surface area (Å²) < 4.78 is 1.63. The van der Waals surface area contributed by atoms with E-state index in [-0.39, 0.29) is 18.6 Å². The highest BCUT2D eigenvalue weighted by Gasteiger charge is 2.09. The molecular formula is C14H18N4O2. The minimum absolute atomic E-state index is 0.0460. The molecule has 20 heavy (non-hydrogen) atoms. The summed E-state index contributed by atoms with van der Waals surface area (Å²) in [5.74, 6) is -0.111. The first kappa shape index (κ1) is 14.2. The third-order valence-electron chi connectivity index (χ3n) is 2.99. The van der Waals surface area contributed by atoms with E-state index in [9.17, 15) is 4.79 Å². The van der Waals surface area contributed by atoms with Crippen LogP contribution in [0.3, 0.4) is 0 Å². The van der Waals surface area contributed by atoms with Gasteiger partial charge in [-0.2, -0.15) is 0 Å². The molecule has 2 aromatic rings. The summed E-state index contributed by atoms with van der Waals surface area (Å²) in [6.07, 6.45) is 4.79. The van der Waals surface area contributed by atoms with E-state index in [1.165, 1.54) is 0 Å². The number of hydrogen-bond acceptors (Lipinski definition) is 4. The molecule has 0 aliphatic carbocycles. The van der Waals surface area contributed by atoms with Gasteiger partial charge in [-0.3, -0.25) is 4.79 Å². The number of nitrogens with one attached hydrogen (secondary N) is 1. The summed E-state index contributed by atoms with van der Waals surface area (Å²) in [7, 11) is 0. The van der Waals surface area contributed by atoms with Gasteiger partial charge in [0.05, 0.1) is 18.1 Å². The lowest BCUT2D eigenvalue weighted by atomic mass is 10.1. The van der Waals surface area contributed by atoms with E-state index in [0.29, 0.717) is 12.0 Å². The molecule has 1 heterocycles. The number of aromatic nitrogens is 3. The molecule has 0 radical (unpaired) electrons. The Labute approximate surface area is 117 Å². The number of aliphatic hydroxyl groups is 1. The first-order valence-corrected chi connectivity index (χ1v) is 6.59. The zero-order valence-corrected chi connectivity index (χ0v) is 11.4. The van der Waals surface area contributed by atoms with Crippen molar-refractivity contribution in [3.05, 3.63) is 42.2 Å². The summed E-state index contributed by atoms with van der Waals surface area (Å²) in [6, 6.07) is 7.20. The topological polar surface area (TPSA) is 80.0 Å². The fraction of sp³-hybridized carbons (Fsp3) is 0.357. The molecule has 0 aliphatic rings. The number of amides is 1. The van der Waals surface area contributed by atoms with Crippen molar-refractivity contribution in [1.29, 1.82) is 0 Å². The number of rotatable bonds is 6. The molecule has 0 bridgehead atoms. The molecule has 1 atom stereocenters. The van der Waals surface area contributed by atoms with Crippen molar-refractivity contribution >= 4 is 5.91 Å². The van der Waals surface area contributed by atoms with Gasteiger partial charge in [0.15, 0.2) is 0 Å². The van der Waals surface area contributed by atoms with Crippen LogP contribution in [0.5, 0.6) is 0 Å². The average Bonchev–Trinajstić information content (AvgIpc) is 2.99. The summed E-state index contributed by atoms with van der Waals surface area (Å²) in [6.45, 7) is 2.07. The normalized spacial score (nSPS) is 12.1. The highest BCUT2D eigenvalue weighted by Crippen LogP contribution is 2.08. The van der Waals surface area contributed by atoms with Gasteiger partial charge >= 0.3 is 0 Å². The van der Waals surface area contributed by atoms with E-state index < -0.39 is 0 Å². The minimum Gasteiger partial charge on any atom is -0.396 e. The van der Waals surface area contributed by atoms with Gasteiger partial charge in [-0.25, -0.2) is 4.68 Å². The van der Waals surface area contributed by atoms with Gasteiger partial charge in [-0.05, 0) is 44.0 Å². The van der Waals surface area contributed by atoms with Crippen LogP contribution < -0.4 is 5.32 Å². The van der Waals surface area contributed by atoms with Gasteiger partial charge in [-0.1, -0.05) is 5.21 Å². The number of hydrogen-bond donors (Lipinski definition) is 2. The molecule has 2 N–H and O–H groups in total. The first-order chi connectivity index (χ1) is 9.70. The van der Waals surface area contributed by atoms with Crippen LogP contribution in [0.2, 0.25) is 0 Å². The van der Waals surface area contributed by atoms with Crippen molar-refractivity contribution in [2.24, 2.45) is 0 Å². The number of carbonyl (C=O) groups excluding carboxylic acids is 1. The molecule has 0 spiro atoms. The molecule has 1 aromatic carbocycles. The predicted molar refractivity (Wildman–Crippen MR) is 74.6 cm³/mol. The van der Waals surface area contributed by atoms with Crippen molar-refractivity contribution in [1.82, 2.24) is 20.3 Å². The smallest absolute Gasteiger partial charge is 0.251 e. The third-order valence-corrected chi connectivity index (χ3v) is 2.99. The van der Waals surface area contributed by atoms with Gasteiger partial charge in [0.2, 0.25) is 0 Å². The number of carbonyl (C=O) groups is 1.